The van der Waals surface area contributed by atoms with E-state index in [-0.39, 0.29) is 11.2 Å². The number of hydrogen-bond donors (Lipinski definition) is 0. The molecule has 0 spiro atoms. The molecule has 2 aromatic carbocycles. The molecule has 0 aliphatic heterocycles. The Morgan fingerprint density at radius 1 is 0.880 bits per heavy atom. The monoisotopic (exact) mass is 329 g/mol. The van der Waals surface area contributed by atoms with Crippen molar-refractivity contribution in [3.63, 3.8) is 0 Å². The van der Waals surface area contributed by atoms with E-state index >= 15 is 0 Å². The van der Waals surface area contributed by atoms with Crippen LogP contribution in [0, 0.1) is 0 Å². The smallest absolute Gasteiger partial charge is 0.167 e. The van der Waals surface area contributed by atoms with E-state index in [4.69, 9.17) is 0 Å². The van der Waals surface area contributed by atoms with Gasteiger partial charge >= 0.3 is 0 Å². The van der Waals surface area contributed by atoms with Crippen molar-refractivity contribution in [1.29, 1.82) is 0 Å². The zero-order valence-corrected chi connectivity index (χ0v) is 15.0. The van der Waals surface area contributed by atoms with Crippen molar-refractivity contribution < 1.29 is 4.79 Å². The van der Waals surface area contributed by atoms with E-state index in [1.807, 2.05) is 54.6 Å². The molecule has 0 bridgehead atoms. The lowest BCUT2D eigenvalue weighted by molar-refractivity contribution is 0.0993. The van der Waals surface area contributed by atoms with Crippen molar-refractivity contribution in [3.05, 3.63) is 89.6 Å². The molecule has 0 aliphatic carbocycles. The fourth-order valence-electron chi connectivity index (χ4n) is 2.88. The molecule has 0 saturated carbocycles. The first-order valence-corrected chi connectivity index (χ1v) is 8.58. The predicted molar refractivity (Wildman–Crippen MR) is 103 cm³/mol. The zero-order valence-electron chi connectivity index (χ0n) is 15.0. The highest BCUT2D eigenvalue weighted by Gasteiger charge is 2.15. The Kier molecular flexibility index (Phi) is 4.80. The standard InChI is InChI=1S/C23H23NO/c1-23(2,3)19-13-11-17(12-14-19)22(25)16-18-8-4-5-9-20(18)21-10-6-7-15-24-21/h4-15H,16H2,1-3H3. The highest BCUT2D eigenvalue weighted by molar-refractivity contribution is 5.98. The van der Waals surface area contributed by atoms with Crippen LogP contribution in [0.1, 0.15) is 42.3 Å². The second-order valence-corrected chi connectivity index (χ2v) is 7.30. The molecule has 126 valence electrons. The van der Waals surface area contributed by atoms with E-state index in [9.17, 15) is 4.79 Å². The van der Waals surface area contributed by atoms with Gasteiger partial charge in [0.05, 0.1) is 5.69 Å². The van der Waals surface area contributed by atoms with Crippen molar-refractivity contribution in [2.24, 2.45) is 0 Å². The summed E-state index contributed by atoms with van der Waals surface area (Å²) in [6.45, 7) is 6.52. The van der Waals surface area contributed by atoms with Gasteiger partial charge < -0.3 is 0 Å². The lowest BCUT2D eigenvalue weighted by atomic mass is 9.86. The number of aromatic nitrogens is 1. The van der Waals surface area contributed by atoms with E-state index in [0.717, 1.165) is 22.4 Å². The summed E-state index contributed by atoms with van der Waals surface area (Å²) in [7, 11) is 0. The molecule has 1 aromatic heterocycles. The molecule has 0 atom stereocenters. The number of Topliss-reactive ketones (excluding diaryl/α,β-unsaturated/α-hetero) is 1. The van der Waals surface area contributed by atoms with Gasteiger partial charge in [0.15, 0.2) is 5.78 Å². The maximum Gasteiger partial charge on any atom is 0.167 e. The summed E-state index contributed by atoms with van der Waals surface area (Å²) < 4.78 is 0. The van der Waals surface area contributed by atoms with Crippen molar-refractivity contribution in [1.82, 2.24) is 4.98 Å². The zero-order chi connectivity index (χ0) is 17.9. The Bertz CT molecular complexity index is 859. The average molecular weight is 329 g/mol. The van der Waals surface area contributed by atoms with E-state index in [2.05, 4.69) is 37.9 Å². The van der Waals surface area contributed by atoms with Crippen LogP contribution in [0.3, 0.4) is 0 Å². The fraction of sp³-hybridized carbons (Fsp3) is 0.217. The molecular weight excluding hydrogens is 306 g/mol. The number of hydrogen-bond acceptors (Lipinski definition) is 2. The lowest BCUT2D eigenvalue weighted by Gasteiger charge is -2.19. The second kappa shape index (κ2) is 7.02. The number of benzene rings is 2. The van der Waals surface area contributed by atoms with Crippen LogP contribution in [0.4, 0.5) is 0 Å². The Balaban J connectivity index is 1.85. The summed E-state index contributed by atoms with van der Waals surface area (Å²) in [4.78, 5) is 17.2. The van der Waals surface area contributed by atoms with E-state index in [1.54, 1.807) is 6.20 Å². The van der Waals surface area contributed by atoms with Crippen LogP contribution in [-0.4, -0.2) is 10.8 Å². The third-order valence-corrected chi connectivity index (χ3v) is 4.38. The molecule has 0 saturated heterocycles. The number of ketones is 1. The summed E-state index contributed by atoms with van der Waals surface area (Å²) in [5.41, 5.74) is 5.00. The molecular formula is C23H23NO. The molecule has 0 amide bonds. The largest absolute Gasteiger partial charge is 0.294 e. The van der Waals surface area contributed by atoms with Crippen LogP contribution < -0.4 is 0 Å². The second-order valence-electron chi connectivity index (χ2n) is 7.30. The van der Waals surface area contributed by atoms with Crippen molar-refractivity contribution >= 4 is 5.78 Å². The molecule has 0 unspecified atom stereocenters. The van der Waals surface area contributed by atoms with Gasteiger partial charge in [-0.25, -0.2) is 0 Å². The van der Waals surface area contributed by atoms with E-state index in [1.165, 1.54) is 5.56 Å². The Labute approximate surface area is 149 Å². The molecule has 0 N–H and O–H groups in total. The number of nitrogens with zero attached hydrogens (tertiary/aromatic N) is 1. The molecule has 3 rings (SSSR count). The van der Waals surface area contributed by atoms with Crippen LogP contribution in [0.25, 0.3) is 11.3 Å². The van der Waals surface area contributed by atoms with Gasteiger partial charge in [-0.15, -0.1) is 0 Å². The topological polar surface area (TPSA) is 30.0 Å². The highest BCUT2D eigenvalue weighted by Crippen LogP contribution is 2.25. The summed E-state index contributed by atoms with van der Waals surface area (Å²) in [6.07, 6.45) is 2.15. The van der Waals surface area contributed by atoms with Crippen molar-refractivity contribution in [3.8, 4) is 11.3 Å². The summed E-state index contributed by atoms with van der Waals surface area (Å²) in [5, 5.41) is 0. The molecule has 3 aromatic rings. The molecule has 0 radical (unpaired) electrons. The van der Waals surface area contributed by atoms with E-state index < -0.39 is 0 Å². The van der Waals surface area contributed by atoms with Gasteiger partial charge in [0.25, 0.3) is 0 Å². The maximum absolute atomic E-state index is 12.7. The third-order valence-electron chi connectivity index (χ3n) is 4.38. The molecule has 0 aliphatic rings. The van der Waals surface area contributed by atoms with Crippen LogP contribution >= 0.6 is 0 Å². The van der Waals surface area contributed by atoms with Crippen LogP contribution in [0.2, 0.25) is 0 Å². The van der Waals surface area contributed by atoms with Gasteiger partial charge in [-0.05, 0) is 28.7 Å². The molecule has 0 fully saturated rings. The van der Waals surface area contributed by atoms with Gasteiger partial charge in [-0.3, -0.25) is 9.78 Å². The minimum absolute atomic E-state index is 0.0904. The van der Waals surface area contributed by atoms with Gasteiger partial charge in [-0.2, -0.15) is 0 Å². The minimum atomic E-state index is 0.0904. The normalized spacial score (nSPS) is 11.3. The first kappa shape index (κ1) is 17.1. The molecule has 25 heavy (non-hydrogen) atoms. The Morgan fingerprint density at radius 3 is 2.20 bits per heavy atom. The number of carbonyl (C=O) groups is 1. The van der Waals surface area contributed by atoms with Gasteiger partial charge in [-0.1, -0.05) is 75.4 Å². The van der Waals surface area contributed by atoms with Crippen molar-refractivity contribution in [2.75, 3.05) is 0 Å². The van der Waals surface area contributed by atoms with Crippen molar-refractivity contribution in [2.45, 2.75) is 32.6 Å². The van der Waals surface area contributed by atoms with Gasteiger partial charge in [0.1, 0.15) is 0 Å². The maximum atomic E-state index is 12.7. The number of carbonyl (C=O) groups excluding carboxylic acids is 1. The Hall–Kier alpha value is -2.74. The SMILES string of the molecule is CC(C)(C)c1ccc(C(=O)Cc2ccccc2-c2ccccn2)cc1. The number of rotatable bonds is 4. The quantitative estimate of drug-likeness (QED) is 0.594. The van der Waals surface area contributed by atoms with E-state index in [0.29, 0.717) is 6.42 Å². The summed E-state index contributed by atoms with van der Waals surface area (Å²) in [5.74, 6) is 0.129. The van der Waals surface area contributed by atoms with Crippen LogP contribution in [0.15, 0.2) is 72.9 Å². The molecule has 2 nitrogen and oxygen atoms in total. The first-order valence-electron chi connectivity index (χ1n) is 8.58. The number of pyridine rings is 1. The van der Waals surface area contributed by atoms with Gasteiger partial charge in [0, 0.05) is 23.7 Å². The van der Waals surface area contributed by atoms with Crippen LogP contribution in [0.5, 0.6) is 0 Å². The van der Waals surface area contributed by atoms with Crippen LogP contribution in [-0.2, 0) is 11.8 Å². The fourth-order valence-corrected chi connectivity index (χ4v) is 2.88. The summed E-state index contributed by atoms with van der Waals surface area (Å²) >= 11 is 0. The summed E-state index contributed by atoms with van der Waals surface area (Å²) in [6, 6.07) is 21.8. The third kappa shape index (κ3) is 4.03. The molecule has 2 heteroatoms. The predicted octanol–water partition coefficient (Wildman–Crippen LogP) is 5.47. The first-order chi connectivity index (χ1) is 11.9. The highest BCUT2D eigenvalue weighted by atomic mass is 16.1. The molecule has 1 heterocycles. The minimum Gasteiger partial charge on any atom is -0.294 e. The Morgan fingerprint density at radius 2 is 1.56 bits per heavy atom. The van der Waals surface area contributed by atoms with Gasteiger partial charge in [0.2, 0.25) is 0 Å². The average Bonchev–Trinajstić information content (AvgIpc) is 2.62. The lowest BCUT2D eigenvalue weighted by Crippen LogP contribution is -2.11.